The van der Waals surface area contributed by atoms with Crippen LogP contribution < -0.4 is 5.73 Å². The van der Waals surface area contributed by atoms with Gasteiger partial charge in [0.2, 0.25) is 5.13 Å². The van der Waals surface area contributed by atoms with E-state index < -0.39 is 9.84 Å². The van der Waals surface area contributed by atoms with Crippen LogP contribution in [0.3, 0.4) is 0 Å². The summed E-state index contributed by atoms with van der Waals surface area (Å²) in [5.41, 5.74) is 6.15. The standard InChI is InChI=1S/C11H10ClN3O2S2/c12-9-3-1-8(2-4-9)5-6-19(16,17)7-10-14-15-11(13)18-10/h1-6H,7H2,(H2,13,15)/b6-5-. The number of anilines is 1. The van der Waals surface area contributed by atoms with Crippen LogP contribution in [-0.4, -0.2) is 18.6 Å². The van der Waals surface area contributed by atoms with Gasteiger partial charge in [-0.25, -0.2) is 8.42 Å². The first-order valence-corrected chi connectivity index (χ1v) is 8.10. The third-order valence-electron chi connectivity index (χ3n) is 2.14. The molecule has 5 nitrogen and oxygen atoms in total. The molecule has 19 heavy (non-hydrogen) atoms. The molecule has 2 aromatic rings. The maximum Gasteiger partial charge on any atom is 0.203 e. The molecule has 0 fully saturated rings. The highest BCUT2D eigenvalue weighted by Crippen LogP contribution is 2.16. The highest BCUT2D eigenvalue weighted by atomic mass is 35.5. The molecule has 2 rings (SSSR count). The number of aromatic nitrogens is 2. The average Bonchev–Trinajstić information content (AvgIpc) is 2.73. The monoisotopic (exact) mass is 315 g/mol. The zero-order valence-electron chi connectivity index (χ0n) is 9.65. The van der Waals surface area contributed by atoms with Crippen molar-refractivity contribution in [2.75, 3.05) is 5.73 Å². The Bertz CT molecular complexity index is 693. The van der Waals surface area contributed by atoms with Gasteiger partial charge < -0.3 is 5.73 Å². The van der Waals surface area contributed by atoms with Crippen LogP contribution in [0.1, 0.15) is 10.6 Å². The molecule has 0 saturated carbocycles. The number of benzene rings is 1. The molecule has 0 bridgehead atoms. The minimum atomic E-state index is -3.39. The predicted octanol–water partition coefficient (Wildman–Crippen LogP) is 2.36. The molecule has 1 heterocycles. The summed E-state index contributed by atoms with van der Waals surface area (Å²) in [5, 5.41) is 9.63. The number of nitrogens with zero attached hydrogens (tertiary/aromatic N) is 2. The van der Waals surface area contributed by atoms with Crippen LogP contribution in [0.15, 0.2) is 29.7 Å². The lowest BCUT2D eigenvalue weighted by molar-refractivity contribution is 0.603. The molecule has 0 atom stereocenters. The molecule has 0 radical (unpaired) electrons. The van der Waals surface area contributed by atoms with E-state index in [9.17, 15) is 8.42 Å². The minimum absolute atomic E-state index is 0.202. The molecule has 1 aromatic heterocycles. The van der Waals surface area contributed by atoms with Gasteiger partial charge in [-0.15, -0.1) is 10.2 Å². The Balaban J connectivity index is 2.10. The van der Waals surface area contributed by atoms with E-state index in [1.807, 2.05) is 0 Å². The maximum absolute atomic E-state index is 11.8. The summed E-state index contributed by atoms with van der Waals surface area (Å²) in [6.45, 7) is 0. The van der Waals surface area contributed by atoms with Crippen LogP contribution in [0.5, 0.6) is 0 Å². The van der Waals surface area contributed by atoms with Crippen LogP contribution in [0.25, 0.3) is 6.08 Å². The van der Waals surface area contributed by atoms with Crippen LogP contribution in [0.2, 0.25) is 5.02 Å². The number of hydrogen-bond donors (Lipinski definition) is 1. The summed E-state index contributed by atoms with van der Waals surface area (Å²) >= 11 is 6.81. The zero-order chi connectivity index (χ0) is 13.9. The van der Waals surface area contributed by atoms with E-state index in [2.05, 4.69) is 10.2 Å². The maximum atomic E-state index is 11.8. The van der Waals surface area contributed by atoms with E-state index in [1.54, 1.807) is 24.3 Å². The van der Waals surface area contributed by atoms with Gasteiger partial charge in [-0.3, -0.25) is 0 Å². The highest BCUT2D eigenvalue weighted by Gasteiger charge is 2.11. The van der Waals surface area contributed by atoms with Gasteiger partial charge in [0.25, 0.3) is 0 Å². The van der Waals surface area contributed by atoms with Crippen LogP contribution >= 0.6 is 22.9 Å². The third-order valence-corrected chi connectivity index (χ3v) is 4.56. The fraction of sp³-hybridized carbons (Fsp3) is 0.0909. The van der Waals surface area contributed by atoms with E-state index in [0.717, 1.165) is 22.3 Å². The minimum Gasteiger partial charge on any atom is -0.374 e. The molecule has 0 spiro atoms. The van der Waals surface area contributed by atoms with E-state index in [0.29, 0.717) is 10.0 Å². The molecule has 1 aromatic carbocycles. The van der Waals surface area contributed by atoms with Crippen molar-refractivity contribution in [1.29, 1.82) is 0 Å². The zero-order valence-corrected chi connectivity index (χ0v) is 12.0. The van der Waals surface area contributed by atoms with Gasteiger partial charge in [0.05, 0.1) is 0 Å². The number of nitrogen functional groups attached to an aromatic ring is 1. The van der Waals surface area contributed by atoms with Crippen molar-refractivity contribution in [2.24, 2.45) is 0 Å². The molecule has 0 aliphatic carbocycles. The Hall–Kier alpha value is -1.44. The SMILES string of the molecule is Nc1nnc(CS(=O)(=O)/C=C\c2ccc(Cl)cc2)s1. The van der Waals surface area contributed by atoms with Gasteiger partial charge in [0.15, 0.2) is 9.84 Å². The number of halogens is 1. The molecule has 0 unspecified atom stereocenters. The van der Waals surface area contributed by atoms with Crippen molar-refractivity contribution in [3.8, 4) is 0 Å². The Labute approximate surface area is 119 Å². The first-order valence-electron chi connectivity index (χ1n) is 5.19. The Kier molecular flexibility index (Phi) is 4.18. The molecular formula is C11H10ClN3O2S2. The van der Waals surface area contributed by atoms with Gasteiger partial charge in [0.1, 0.15) is 10.8 Å². The first kappa shape index (κ1) is 14.0. The second kappa shape index (κ2) is 5.68. The van der Waals surface area contributed by atoms with Crippen molar-refractivity contribution in [2.45, 2.75) is 5.75 Å². The summed E-state index contributed by atoms with van der Waals surface area (Å²) in [5.74, 6) is -0.202. The Morgan fingerprint density at radius 2 is 1.95 bits per heavy atom. The van der Waals surface area contributed by atoms with Gasteiger partial charge >= 0.3 is 0 Å². The summed E-state index contributed by atoms with van der Waals surface area (Å²) in [6.07, 6.45) is 1.51. The second-order valence-electron chi connectivity index (χ2n) is 3.70. The number of hydrogen-bond acceptors (Lipinski definition) is 6. The molecule has 0 aliphatic heterocycles. The lowest BCUT2D eigenvalue weighted by atomic mass is 10.2. The highest BCUT2D eigenvalue weighted by molar-refractivity contribution is 7.93. The topological polar surface area (TPSA) is 85.9 Å². The van der Waals surface area contributed by atoms with Gasteiger partial charge in [-0.1, -0.05) is 35.1 Å². The molecule has 8 heteroatoms. The van der Waals surface area contributed by atoms with E-state index in [1.165, 1.54) is 6.08 Å². The van der Waals surface area contributed by atoms with Crippen LogP contribution in [0.4, 0.5) is 5.13 Å². The van der Waals surface area contributed by atoms with Crippen molar-refractivity contribution < 1.29 is 8.42 Å². The van der Waals surface area contributed by atoms with Crippen LogP contribution in [-0.2, 0) is 15.6 Å². The van der Waals surface area contributed by atoms with E-state index >= 15 is 0 Å². The summed E-state index contributed by atoms with van der Waals surface area (Å²) in [7, 11) is -3.39. The number of sulfone groups is 1. The Morgan fingerprint density at radius 3 is 2.53 bits per heavy atom. The summed E-state index contributed by atoms with van der Waals surface area (Å²) < 4.78 is 23.7. The molecule has 100 valence electrons. The Morgan fingerprint density at radius 1 is 1.26 bits per heavy atom. The molecule has 0 saturated heterocycles. The summed E-state index contributed by atoms with van der Waals surface area (Å²) in [6, 6.07) is 6.85. The van der Waals surface area contributed by atoms with Crippen molar-refractivity contribution in [3.63, 3.8) is 0 Å². The smallest absolute Gasteiger partial charge is 0.203 e. The van der Waals surface area contributed by atoms with Crippen molar-refractivity contribution in [3.05, 3.63) is 45.3 Å². The fourth-order valence-corrected chi connectivity index (χ4v) is 3.42. The second-order valence-corrected chi connectivity index (χ2v) is 7.11. The predicted molar refractivity (Wildman–Crippen MR) is 77.4 cm³/mol. The van der Waals surface area contributed by atoms with Gasteiger partial charge in [0, 0.05) is 10.4 Å². The van der Waals surface area contributed by atoms with Gasteiger partial charge in [-0.2, -0.15) is 0 Å². The van der Waals surface area contributed by atoms with Crippen molar-refractivity contribution in [1.82, 2.24) is 10.2 Å². The normalized spacial score (nSPS) is 12.1. The quantitative estimate of drug-likeness (QED) is 0.936. The molecular weight excluding hydrogens is 306 g/mol. The largest absolute Gasteiger partial charge is 0.374 e. The lowest BCUT2D eigenvalue weighted by Gasteiger charge is -1.95. The fourth-order valence-electron chi connectivity index (χ4n) is 1.30. The van der Waals surface area contributed by atoms with Crippen LogP contribution in [0, 0.1) is 0 Å². The molecule has 2 N–H and O–H groups in total. The number of rotatable bonds is 4. The van der Waals surface area contributed by atoms with Crippen molar-refractivity contribution >= 4 is 44.0 Å². The molecule has 0 aliphatic rings. The number of nitrogens with two attached hydrogens (primary N) is 1. The lowest BCUT2D eigenvalue weighted by Crippen LogP contribution is -1.99. The third kappa shape index (κ3) is 4.30. The average molecular weight is 316 g/mol. The van der Waals surface area contributed by atoms with E-state index in [4.69, 9.17) is 17.3 Å². The first-order chi connectivity index (χ1) is 8.94. The van der Waals surface area contributed by atoms with E-state index in [-0.39, 0.29) is 10.9 Å². The van der Waals surface area contributed by atoms with Gasteiger partial charge in [-0.05, 0) is 23.8 Å². The molecule has 0 amide bonds. The summed E-state index contributed by atoms with van der Waals surface area (Å²) in [4.78, 5) is 0.